The molecule has 0 radical (unpaired) electrons. The van der Waals surface area contributed by atoms with Crippen molar-refractivity contribution in [2.45, 2.75) is 32.1 Å². The van der Waals surface area contributed by atoms with Crippen LogP contribution in [0, 0.1) is 6.92 Å². The Kier molecular flexibility index (Phi) is 4.05. The number of carbonyl (C=O) groups is 1. The van der Waals surface area contributed by atoms with Crippen LogP contribution in [0.1, 0.15) is 41.0 Å². The van der Waals surface area contributed by atoms with Crippen molar-refractivity contribution in [3.63, 3.8) is 0 Å². The minimum Gasteiger partial charge on any atom is -0.465 e. The summed E-state index contributed by atoms with van der Waals surface area (Å²) in [5.41, 5.74) is 5.29. The smallest absolute Gasteiger partial charge is 0.305 e. The van der Waals surface area contributed by atoms with Gasteiger partial charge in [-0.25, -0.2) is 0 Å². The molecule has 0 amide bonds. The second-order valence-corrected chi connectivity index (χ2v) is 5.77. The van der Waals surface area contributed by atoms with E-state index in [4.69, 9.17) is 4.74 Å². The Bertz CT molecular complexity index is 621. The summed E-state index contributed by atoms with van der Waals surface area (Å²) in [6.45, 7) is 2.68. The number of ether oxygens (including phenoxy) is 1. The van der Waals surface area contributed by atoms with Crippen LogP contribution in [-0.2, 0) is 16.0 Å². The van der Waals surface area contributed by atoms with Crippen molar-refractivity contribution >= 4 is 5.97 Å². The lowest BCUT2D eigenvalue weighted by Crippen LogP contribution is -2.20. The number of carbonyl (C=O) groups excluding carboxylic acids is 1. The first kappa shape index (κ1) is 13.9. The molecular formula is C19H20O2. The lowest BCUT2D eigenvalue weighted by Gasteiger charge is -2.23. The summed E-state index contributed by atoms with van der Waals surface area (Å²) in [7, 11) is 0. The van der Waals surface area contributed by atoms with Gasteiger partial charge < -0.3 is 4.74 Å². The molecule has 1 atom stereocenters. The Morgan fingerprint density at radius 3 is 2.67 bits per heavy atom. The predicted octanol–water partition coefficient (Wildman–Crippen LogP) is 4.01. The van der Waals surface area contributed by atoms with Gasteiger partial charge in [0.25, 0.3) is 0 Å². The lowest BCUT2D eigenvalue weighted by atomic mass is 9.89. The molecule has 0 aliphatic carbocycles. The molecular weight excluding hydrogens is 260 g/mol. The summed E-state index contributed by atoms with van der Waals surface area (Å²) in [4.78, 5) is 11.2. The molecule has 1 saturated heterocycles. The SMILES string of the molecule is Cc1ccc(C2CCC(=O)OC2)cc1Cc1ccccc1. The van der Waals surface area contributed by atoms with Gasteiger partial charge in [0.2, 0.25) is 0 Å². The van der Waals surface area contributed by atoms with Gasteiger partial charge in [-0.15, -0.1) is 0 Å². The van der Waals surface area contributed by atoms with Crippen LogP contribution < -0.4 is 0 Å². The van der Waals surface area contributed by atoms with E-state index in [2.05, 4.69) is 49.4 Å². The lowest BCUT2D eigenvalue weighted by molar-refractivity contribution is -0.147. The topological polar surface area (TPSA) is 26.3 Å². The summed E-state index contributed by atoms with van der Waals surface area (Å²) in [6.07, 6.45) is 2.38. The van der Waals surface area contributed by atoms with Crippen molar-refractivity contribution in [3.8, 4) is 0 Å². The van der Waals surface area contributed by atoms with Crippen LogP contribution in [0.2, 0.25) is 0 Å². The molecule has 0 saturated carbocycles. The predicted molar refractivity (Wildman–Crippen MR) is 83.4 cm³/mol. The number of hydrogen-bond acceptors (Lipinski definition) is 2. The van der Waals surface area contributed by atoms with Gasteiger partial charge in [-0.2, -0.15) is 0 Å². The Labute approximate surface area is 125 Å². The highest BCUT2D eigenvalue weighted by Crippen LogP contribution is 2.28. The molecule has 0 N–H and O–H groups in total. The Morgan fingerprint density at radius 2 is 1.95 bits per heavy atom. The number of esters is 1. The largest absolute Gasteiger partial charge is 0.465 e. The first-order valence-electron chi connectivity index (χ1n) is 7.51. The van der Waals surface area contributed by atoms with Gasteiger partial charge >= 0.3 is 5.97 Å². The monoisotopic (exact) mass is 280 g/mol. The number of cyclic esters (lactones) is 1. The minimum atomic E-state index is -0.0668. The first-order chi connectivity index (χ1) is 10.2. The summed E-state index contributed by atoms with van der Waals surface area (Å²) in [5, 5.41) is 0. The van der Waals surface area contributed by atoms with Crippen LogP contribution in [0.25, 0.3) is 0 Å². The third-order valence-corrected chi connectivity index (χ3v) is 4.22. The zero-order valence-electron chi connectivity index (χ0n) is 12.3. The number of rotatable bonds is 3. The van der Waals surface area contributed by atoms with Crippen molar-refractivity contribution in [3.05, 3.63) is 70.8 Å². The molecule has 3 rings (SSSR count). The van der Waals surface area contributed by atoms with Gasteiger partial charge in [0.05, 0.1) is 6.61 Å². The van der Waals surface area contributed by atoms with Crippen LogP contribution in [0.15, 0.2) is 48.5 Å². The third kappa shape index (κ3) is 3.33. The van der Waals surface area contributed by atoms with E-state index >= 15 is 0 Å². The molecule has 1 fully saturated rings. The van der Waals surface area contributed by atoms with Gasteiger partial charge in [0.1, 0.15) is 0 Å². The van der Waals surface area contributed by atoms with Crippen molar-refractivity contribution in [2.75, 3.05) is 6.61 Å². The van der Waals surface area contributed by atoms with Crippen LogP contribution in [-0.4, -0.2) is 12.6 Å². The molecule has 1 unspecified atom stereocenters. The fraction of sp³-hybridized carbons (Fsp3) is 0.316. The molecule has 2 aromatic carbocycles. The summed E-state index contributed by atoms with van der Waals surface area (Å²) in [6, 6.07) is 17.2. The Balaban J connectivity index is 1.81. The fourth-order valence-corrected chi connectivity index (χ4v) is 2.86. The van der Waals surface area contributed by atoms with Gasteiger partial charge in [0.15, 0.2) is 0 Å². The maximum absolute atomic E-state index is 11.2. The molecule has 0 bridgehead atoms. The average Bonchev–Trinajstić information content (AvgIpc) is 2.51. The molecule has 1 heterocycles. The maximum Gasteiger partial charge on any atom is 0.305 e. The number of aryl methyl sites for hydroxylation is 1. The quantitative estimate of drug-likeness (QED) is 0.794. The molecule has 108 valence electrons. The molecule has 0 spiro atoms. The van der Waals surface area contributed by atoms with Crippen LogP contribution >= 0.6 is 0 Å². The van der Waals surface area contributed by atoms with E-state index in [0.717, 1.165) is 12.8 Å². The summed E-state index contributed by atoms with van der Waals surface area (Å²) < 4.78 is 5.19. The standard InChI is InChI=1S/C19H20O2/c1-14-7-8-16(17-9-10-19(20)21-13-17)12-18(14)11-15-5-3-2-4-6-15/h2-8,12,17H,9-11,13H2,1H3. The van der Waals surface area contributed by atoms with E-state index in [9.17, 15) is 4.79 Å². The van der Waals surface area contributed by atoms with Crippen LogP contribution in [0.5, 0.6) is 0 Å². The highest BCUT2D eigenvalue weighted by atomic mass is 16.5. The van der Waals surface area contributed by atoms with E-state index in [1.165, 1.54) is 22.3 Å². The van der Waals surface area contributed by atoms with Gasteiger partial charge in [-0.05, 0) is 42.0 Å². The number of benzene rings is 2. The summed E-state index contributed by atoms with van der Waals surface area (Å²) in [5.74, 6) is 0.278. The van der Waals surface area contributed by atoms with Crippen molar-refractivity contribution in [2.24, 2.45) is 0 Å². The number of hydrogen-bond donors (Lipinski definition) is 0. The molecule has 2 nitrogen and oxygen atoms in total. The highest BCUT2D eigenvalue weighted by Gasteiger charge is 2.21. The van der Waals surface area contributed by atoms with Gasteiger partial charge in [-0.1, -0.05) is 48.5 Å². The van der Waals surface area contributed by atoms with Gasteiger partial charge in [0, 0.05) is 12.3 Å². The molecule has 0 aromatic heterocycles. The van der Waals surface area contributed by atoms with Crippen LogP contribution in [0.4, 0.5) is 0 Å². The zero-order valence-corrected chi connectivity index (χ0v) is 12.3. The maximum atomic E-state index is 11.2. The van der Waals surface area contributed by atoms with E-state index in [0.29, 0.717) is 18.9 Å². The van der Waals surface area contributed by atoms with Crippen molar-refractivity contribution in [1.29, 1.82) is 0 Å². The second-order valence-electron chi connectivity index (χ2n) is 5.77. The molecule has 1 aliphatic heterocycles. The highest BCUT2D eigenvalue weighted by molar-refractivity contribution is 5.70. The fourth-order valence-electron chi connectivity index (χ4n) is 2.86. The minimum absolute atomic E-state index is 0.0668. The molecule has 2 aromatic rings. The molecule has 2 heteroatoms. The second kappa shape index (κ2) is 6.13. The van der Waals surface area contributed by atoms with E-state index in [-0.39, 0.29) is 5.97 Å². The zero-order chi connectivity index (χ0) is 14.7. The Morgan fingerprint density at radius 1 is 1.14 bits per heavy atom. The van der Waals surface area contributed by atoms with Crippen molar-refractivity contribution < 1.29 is 9.53 Å². The third-order valence-electron chi connectivity index (χ3n) is 4.22. The van der Waals surface area contributed by atoms with Crippen LogP contribution in [0.3, 0.4) is 0 Å². The summed E-state index contributed by atoms with van der Waals surface area (Å²) >= 11 is 0. The normalized spacial score (nSPS) is 18.3. The first-order valence-corrected chi connectivity index (χ1v) is 7.51. The van der Waals surface area contributed by atoms with E-state index in [1.807, 2.05) is 6.07 Å². The molecule has 1 aliphatic rings. The van der Waals surface area contributed by atoms with E-state index in [1.54, 1.807) is 0 Å². The Hall–Kier alpha value is -2.09. The average molecular weight is 280 g/mol. The van der Waals surface area contributed by atoms with E-state index < -0.39 is 0 Å². The van der Waals surface area contributed by atoms with Crippen molar-refractivity contribution in [1.82, 2.24) is 0 Å². The molecule has 21 heavy (non-hydrogen) atoms. The van der Waals surface area contributed by atoms with Gasteiger partial charge in [-0.3, -0.25) is 4.79 Å².